The van der Waals surface area contributed by atoms with Crippen LogP contribution in [0.1, 0.15) is 22.6 Å². The van der Waals surface area contributed by atoms with E-state index >= 15 is 0 Å². The molecule has 0 N–H and O–H groups in total. The third-order valence-corrected chi connectivity index (χ3v) is 4.40. The third-order valence-electron chi connectivity index (χ3n) is 4.40. The molecule has 0 spiro atoms. The van der Waals surface area contributed by atoms with Crippen molar-refractivity contribution in [3.8, 4) is 0 Å². The highest BCUT2D eigenvalue weighted by Gasteiger charge is 2.20. The Morgan fingerprint density at radius 1 is 1.22 bits per heavy atom. The molecule has 0 saturated carbocycles. The number of carbonyl (C=O) groups excluding carboxylic acids is 1. The molecule has 1 amide bonds. The summed E-state index contributed by atoms with van der Waals surface area (Å²) in [7, 11) is 0. The van der Waals surface area contributed by atoms with Gasteiger partial charge in [-0.2, -0.15) is 0 Å². The van der Waals surface area contributed by atoms with Crippen LogP contribution in [0.25, 0.3) is 11.1 Å². The van der Waals surface area contributed by atoms with Gasteiger partial charge in [-0.15, -0.1) is 0 Å². The van der Waals surface area contributed by atoms with Gasteiger partial charge in [0.1, 0.15) is 5.52 Å². The Labute approximate surface area is 134 Å². The Morgan fingerprint density at radius 3 is 2.91 bits per heavy atom. The fourth-order valence-corrected chi connectivity index (χ4v) is 3.19. The summed E-state index contributed by atoms with van der Waals surface area (Å²) in [5.41, 5.74) is 5.17. The van der Waals surface area contributed by atoms with Gasteiger partial charge in [0.15, 0.2) is 11.5 Å². The van der Waals surface area contributed by atoms with Crippen LogP contribution in [0.5, 0.6) is 0 Å². The van der Waals surface area contributed by atoms with E-state index in [0.717, 1.165) is 29.6 Å². The fourth-order valence-electron chi connectivity index (χ4n) is 3.19. The summed E-state index contributed by atoms with van der Waals surface area (Å²) < 4.78 is 5.55. The molecule has 116 valence electrons. The van der Waals surface area contributed by atoms with Gasteiger partial charge in [-0.1, -0.05) is 30.3 Å². The maximum atomic E-state index is 12.6. The van der Waals surface area contributed by atoms with Crippen LogP contribution in [0.2, 0.25) is 0 Å². The van der Waals surface area contributed by atoms with Gasteiger partial charge < -0.3 is 9.32 Å². The molecule has 4 heteroatoms. The zero-order chi connectivity index (χ0) is 15.8. The monoisotopic (exact) mass is 306 g/mol. The van der Waals surface area contributed by atoms with Gasteiger partial charge >= 0.3 is 0 Å². The van der Waals surface area contributed by atoms with Crippen molar-refractivity contribution >= 4 is 17.0 Å². The van der Waals surface area contributed by atoms with Crippen LogP contribution in [-0.2, 0) is 24.2 Å². The van der Waals surface area contributed by atoms with Crippen LogP contribution < -0.4 is 0 Å². The van der Waals surface area contributed by atoms with Crippen LogP contribution in [0, 0.1) is 6.92 Å². The topological polar surface area (TPSA) is 46.3 Å². The van der Waals surface area contributed by atoms with E-state index in [0.29, 0.717) is 18.9 Å². The summed E-state index contributed by atoms with van der Waals surface area (Å²) >= 11 is 0. The summed E-state index contributed by atoms with van der Waals surface area (Å²) in [6.07, 6.45) is 1.33. The van der Waals surface area contributed by atoms with Gasteiger partial charge in [-0.25, -0.2) is 4.98 Å². The van der Waals surface area contributed by atoms with Crippen molar-refractivity contribution in [2.24, 2.45) is 0 Å². The Morgan fingerprint density at radius 2 is 2.04 bits per heavy atom. The van der Waals surface area contributed by atoms with Crippen molar-refractivity contribution in [1.29, 1.82) is 0 Å². The summed E-state index contributed by atoms with van der Waals surface area (Å²) in [5, 5.41) is 0. The molecule has 2 heterocycles. The highest BCUT2D eigenvalue weighted by atomic mass is 16.3. The van der Waals surface area contributed by atoms with E-state index in [-0.39, 0.29) is 5.91 Å². The van der Waals surface area contributed by atoms with E-state index < -0.39 is 0 Å². The molecule has 0 bridgehead atoms. The number of aromatic nitrogens is 1. The SMILES string of the molecule is Cc1nc2ccc(CC(=O)N3CCc4ccccc4C3)cc2o1. The molecule has 1 aliphatic heterocycles. The summed E-state index contributed by atoms with van der Waals surface area (Å²) in [4.78, 5) is 18.8. The van der Waals surface area contributed by atoms with E-state index in [9.17, 15) is 4.79 Å². The van der Waals surface area contributed by atoms with Crippen molar-refractivity contribution in [3.05, 3.63) is 65.0 Å². The second-order valence-corrected chi connectivity index (χ2v) is 6.05. The lowest BCUT2D eigenvalue weighted by molar-refractivity contribution is -0.131. The lowest BCUT2D eigenvalue weighted by Crippen LogP contribution is -2.36. The lowest BCUT2D eigenvalue weighted by atomic mass is 9.99. The lowest BCUT2D eigenvalue weighted by Gasteiger charge is -2.29. The molecule has 1 aromatic heterocycles. The number of hydrogen-bond donors (Lipinski definition) is 0. The molecule has 0 aliphatic carbocycles. The van der Waals surface area contributed by atoms with Gasteiger partial charge in [0.2, 0.25) is 5.91 Å². The van der Waals surface area contributed by atoms with Crippen molar-refractivity contribution in [3.63, 3.8) is 0 Å². The first-order chi connectivity index (χ1) is 11.2. The summed E-state index contributed by atoms with van der Waals surface area (Å²) in [5.74, 6) is 0.811. The molecule has 0 saturated heterocycles. The van der Waals surface area contributed by atoms with Crippen molar-refractivity contribution in [2.45, 2.75) is 26.3 Å². The second kappa shape index (κ2) is 5.54. The predicted molar refractivity (Wildman–Crippen MR) is 88.0 cm³/mol. The normalized spacial score (nSPS) is 14.0. The van der Waals surface area contributed by atoms with Crippen LogP contribution in [0.3, 0.4) is 0 Å². The van der Waals surface area contributed by atoms with E-state index in [1.54, 1.807) is 0 Å². The standard InChI is InChI=1S/C19H18N2O2/c1-13-20-17-7-6-14(10-18(17)23-13)11-19(22)21-9-8-15-4-2-3-5-16(15)12-21/h2-7,10H,8-9,11-12H2,1H3. The Balaban J connectivity index is 1.51. The van der Waals surface area contributed by atoms with E-state index in [1.165, 1.54) is 11.1 Å². The van der Waals surface area contributed by atoms with Crippen LogP contribution in [0.4, 0.5) is 0 Å². The van der Waals surface area contributed by atoms with E-state index in [4.69, 9.17) is 4.42 Å². The molecule has 4 rings (SSSR count). The number of aryl methyl sites for hydroxylation is 1. The second-order valence-electron chi connectivity index (χ2n) is 6.05. The zero-order valence-electron chi connectivity index (χ0n) is 13.1. The van der Waals surface area contributed by atoms with E-state index in [1.807, 2.05) is 36.1 Å². The van der Waals surface area contributed by atoms with Gasteiger partial charge in [-0.3, -0.25) is 4.79 Å². The van der Waals surface area contributed by atoms with E-state index in [2.05, 4.69) is 23.2 Å². The van der Waals surface area contributed by atoms with Gasteiger partial charge in [0, 0.05) is 20.0 Å². The fraction of sp³-hybridized carbons (Fsp3) is 0.263. The van der Waals surface area contributed by atoms with Crippen molar-refractivity contribution in [2.75, 3.05) is 6.54 Å². The maximum Gasteiger partial charge on any atom is 0.227 e. The molecule has 0 atom stereocenters. The zero-order valence-corrected chi connectivity index (χ0v) is 13.1. The molecular formula is C19H18N2O2. The number of carbonyl (C=O) groups is 1. The number of nitrogens with zero attached hydrogens (tertiary/aromatic N) is 2. The number of rotatable bonds is 2. The van der Waals surface area contributed by atoms with Gasteiger partial charge in [-0.05, 0) is 35.2 Å². The minimum absolute atomic E-state index is 0.162. The number of hydrogen-bond acceptors (Lipinski definition) is 3. The molecule has 23 heavy (non-hydrogen) atoms. The predicted octanol–water partition coefficient (Wildman–Crippen LogP) is 3.26. The van der Waals surface area contributed by atoms with Crippen LogP contribution in [-0.4, -0.2) is 22.3 Å². The first-order valence-electron chi connectivity index (χ1n) is 7.90. The molecule has 0 unspecified atom stereocenters. The quantitative estimate of drug-likeness (QED) is 0.730. The van der Waals surface area contributed by atoms with Crippen LogP contribution in [0.15, 0.2) is 46.9 Å². The number of benzene rings is 2. The summed E-state index contributed by atoms with van der Waals surface area (Å²) in [6.45, 7) is 3.33. The summed E-state index contributed by atoms with van der Waals surface area (Å²) in [6, 6.07) is 14.2. The smallest absolute Gasteiger partial charge is 0.227 e. The Kier molecular flexibility index (Phi) is 3.37. The molecule has 0 radical (unpaired) electrons. The Bertz CT molecular complexity index is 882. The first-order valence-corrected chi connectivity index (χ1v) is 7.90. The highest BCUT2D eigenvalue weighted by molar-refractivity contribution is 5.81. The van der Waals surface area contributed by atoms with Gasteiger partial charge in [0.05, 0.1) is 6.42 Å². The number of amides is 1. The molecule has 3 aromatic rings. The molecule has 4 nitrogen and oxygen atoms in total. The number of fused-ring (bicyclic) bond motifs is 2. The maximum absolute atomic E-state index is 12.6. The minimum atomic E-state index is 0.162. The average Bonchev–Trinajstić information content (AvgIpc) is 2.93. The molecule has 1 aliphatic rings. The average molecular weight is 306 g/mol. The largest absolute Gasteiger partial charge is 0.441 e. The van der Waals surface area contributed by atoms with Crippen molar-refractivity contribution in [1.82, 2.24) is 9.88 Å². The molecular weight excluding hydrogens is 288 g/mol. The van der Waals surface area contributed by atoms with Crippen molar-refractivity contribution < 1.29 is 9.21 Å². The van der Waals surface area contributed by atoms with Crippen LogP contribution >= 0.6 is 0 Å². The Hall–Kier alpha value is -2.62. The van der Waals surface area contributed by atoms with Gasteiger partial charge in [0.25, 0.3) is 0 Å². The minimum Gasteiger partial charge on any atom is -0.441 e. The third kappa shape index (κ3) is 2.72. The molecule has 2 aromatic carbocycles. The molecule has 0 fully saturated rings. The first kappa shape index (κ1) is 14.0. The number of oxazole rings is 1. The highest BCUT2D eigenvalue weighted by Crippen LogP contribution is 2.21.